The second-order valence-electron chi connectivity index (χ2n) is 6.23. The van der Waals surface area contributed by atoms with Crippen molar-refractivity contribution < 1.29 is 4.79 Å². The lowest BCUT2D eigenvalue weighted by Gasteiger charge is -2.19. The molecular weight excluding hydrogens is 330 g/mol. The van der Waals surface area contributed by atoms with E-state index in [0.717, 1.165) is 37.3 Å². The van der Waals surface area contributed by atoms with Crippen molar-refractivity contribution in [1.29, 1.82) is 0 Å². The van der Waals surface area contributed by atoms with Crippen molar-refractivity contribution >= 4 is 17.4 Å². The summed E-state index contributed by atoms with van der Waals surface area (Å²) in [7, 11) is 1.78. The van der Waals surface area contributed by atoms with Crippen LogP contribution in [0.1, 0.15) is 23.2 Å². The molecule has 4 rings (SSSR count). The minimum absolute atomic E-state index is 0.173. The molecule has 1 aliphatic heterocycles. The van der Waals surface area contributed by atoms with Crippen LogP contribution >= 0.6 is 0 Å². The van der Waals surface area contributed by atoms with Crippen LogP contribution in [0.15, 0.2) is 42.6 Å². The van der Waals surface area contributed by atoms with Crippen LogP contribution in [0.25, 0.3) is 11.4 Å². The quantitative estimate of drug-likeness (QED) is 0.776. The van der Waals surface area contributed by atoms with Gasteiger partial charge in [0, 0.05) is 37.6 Å². The molecule has 1 amide bonds. The van der Waals surface area contributed by atoms with Gasteiger partial charge >= 0.3 is 0 Å². The molecule has 1 N–H and O–H groups in total. The molecule has 1 fully saturated rings. The molecular formula is C18H19N7O. The average molecular weight is 349 g/mol. The first-order valence-corrected chi connectivity index (χ1v) is 8.56. The van der Waals surface area contributed by atoms with Crippen molar-refractivity contribution in [3.05, 3.63) is 48.2 Å². The van der Waals surface area contributed by atoms with Crippen LogP contribution in [-0.2, 0) is 7.05 Å². The fraction of sp³-hybridized carbons (Fsp3) is 0.278. The smallest absolute Gasteiger partial charge is 0.259 e. The van der Waals surface area contributed by atoms with E-state index in [-0.39, 0.29) is 5.91 Å². The summed E-state index contributed by atoms with van der Waals surface area (Å²) in [5.74, 6) is 1.21. The van der Waals surface area contributed by atoms with Gasteiger partial charge in [-0.2, -0.15) is 0 Å². The van der Waals surface area contributed by atoms with E-state index in [1.807, 2.05) is 30.3 Å². The van der Waals surface area contributed by atoms with E-state index >= 15 is 0 Å². The Morgan fingerprint density at radius 3 is 2.77 bits per heavy atom. The first kappa shape index (κ1) is 16.2. The number of tetrazole rings is 1. The third-order valence-electron chi connectivity index (χ3n) is 4.44. The third-order valence-corrected chi connectivity index (χ3v) is 4.44. The maximum Gasteiger partial charge on any atom is 0.259 e. The summed E-state index contributed by atoms with van der Waals surface area (Å²) >= 11 is 0. The molecule has 1 aromatic carbocycles. The molecule has 0 spiro atoms. The summed E-state index contributed by atoms with van der Waals surface area (Å²) in [5.41, 5.74) is 2.10. The number of aromatic nitrogens is 5. The number of carbonyl (C=O) groups is 1. The molecule has 0 unspecified atom stereocenters. The summed E-state index contributed by atoms with van der Waals surface area (Å²) in [6, 6.07) is 11.1. The summed E-state index contributed by atoms with van der Waals surface area (Å²) in [6.07, 6.45) is 3.99. The van der Waals surface area contributed by atoms with Crippen molar-refractivity contribution in [2.45, 2.75) is 12.8 Å². The summed E-state index contributed by atoms with van der Waals surface area (Å²) in [4.78, 5) is 19.4. The molecule has 132 valence electrons. The second-order valence-corrected chi connectivity index (χ2v) is 6.23. The van der Waals surface area contributed by atoms with Gasteiger partial charge in [-0.3, -0.25) is 4.79 Å². The number of hydrogen-bond acceptors (Lipinski definition) is 6. The Morgan fingerprint density at radius 1 is 1.15 bits per heavy atom. The molecule has 3 heterocycles. The normalized spacial score (nSPS) is 13.8. The van der Waals surface area contributed by atoms with Crippen LogP contribution in [0.4, 0.5) is 11.5 Å². The second kappa shape index (κ2) is 6.91. The lowest BCUT2D eigenvalue weighted by atomic mass is 10.1. The van der Waals surface area contributed by atoms with Gasteiger partial charge in [-0.05, 0) is 47.5 Å². The fourth-order valence-electron chi connectivity index (χ4n) is 3.16. The molecule has 1 saturated heterocycles. The molecule has 0 radical (unpaired) electrons. The maximum atomic E-state index is 12.8. The highest BCUT2D eigenvalue weighted by atomic mass is 16.1. The third kappa shape index (κ3) is 3.13. The number of pyridine rings is 1. The van der Waals surface area contributed by atoms with E-state index < -0.39 is 0 Å². The highest BCUT2D eigenvalue weighted by Crippen LogP contribution is 2.24. The molecule has 1 aliphatic rings. The Kier molecular flexibility index (Phi) is 4.30. The predicted molar refractivity (Wildman–Crippen MR) is 97.9 cm³/mol. The SMILES string of the molecule is Cn1nnnc1-c1cccc(NC(=O)c2cccnc2N2CCCC2)c1. The first-order chi connectivity index (χ1) is 12.7. The first-order valence-electron chi connectivity index (χ1n) is 8.56. The standard InChI is InChI=1S/C18H19N7O/c1-24-16(21-22-23-24)13-6-4-7-14(12-13)20-18(26)15-8-5-9-19-17(15)25-10-2-3-11-25/h4-9,12H,2-3,10-11H2,1H3,(H,20,26). The average Bonchev–Trinajstić information content (AvgIpc) is 3.33. The Balaban J connectivity index is 1.59. The molecule has 0 atom stereocenters. The number of carbonyl (C=O) groups excluding carboxylic acids is 1. The molecule has 3 aromatic rings. The van der Waals surface area contributed by atoms with Crippen molar-refractivity contribution in [3.63, 3.8) is 0 Å². The lowest BCUT2D eigenvalue weighted by molar-refractivity contribution is 0.102. The van der Waals surface area contributed by atoms with Crippen LogP contribution < -0.4 is 10.2 Å². The molecule has 8 nitrogen and oxygen atoms in total. The number of hydrogen-bond donors (Lipinski definition) is 1. The van der Waals surface area contributed by atoms with E-state index in [9.17, 15) is 4.79 Å². The molecule has 0 saturated carbocycles. The van der Waals surface area contributed by atoms with Crippen molar-refractivity contribution in [3.8, 4) is 11.4 Å². The van der Waals surface area contributed by atoms with E-state index in [1.165, 1.54) is 0 Å². The molecule has 2 aromatic heterocycles. The van der Waals surface area contributed by atoms with E-state index in [4.69, 9.17) is 0 Å². The van der Waals surface area contributed by atoms with E-state index in [0.29, 0.717) is 17.1 Å². The van der Waals surface area contributed by atoms with Gasteiger partial charge in [0.2, 0.25) is 0 Å². The Labute approximate surface area is 150 Å². The number of amides is 1. The van der Waals surface area contributed by atoms with Gasteiger partial charge in [0.15, 0.2) is 5.82 Å². The van der Waals surface area contributed by atoms with E-state index in [2.05, 4.69) is 30.7 Å². The van der Waals surface area contributed by atoms with Gasteiger partial charge in [-0.1, -0.05) is 12.1 Å². The number of nitrogens with zero attached hydrogens (tertiary/aromatic N) is 6. The van der Waals surface area contributed by atoms with Crippen LogP contribution in [0, 0.1) is 0 Å². The van der Waals surface area contributed by atoms with Crippen molar-refractivity contribution in [2.75, 3.05) is 23.3 Å². The van der Waals surface area contributed by atoms with Gasteiger partial charge in [-0.25, -0.2) is 9.67 Å². The molecule has 8 heteroatoms. The summed E-state index contributed by atoms with van der Waals surface area (Å²) < 4.78 is 1.59. The van der Waals surface area contributed by atoms with Gasteiger partial charge in [-0.15, -0.1) is 5.10 Å². The molecule has 26 heavy (non-hydrogen) atoms. The van der Waals surface area contributed by atoms with Gasteiger partial charge in [0.25, 0.3) is 5.91 Å². The molecule has 0 bridgehead atoms. The minimum atomic E-state index is -0.173. The van der Waals surface area contributed by atoms with Gasteiger partial charge < -0.3 is 10.2 Å². The topological polar surface area (TPSA) is 88.8 Å². The van der Waals surface area contributed by atoms with Gasteiger partial charge in [0.1, 0.15) is 5.82 Å². The van der Waals surface area contributed by atoms with E-state index in [1.54, 1.807) is 24.0 Å². The summed E-state index contributed by atoms with van der Waals surface area (Å²) in [5, 5.41) is 14.5. The van der Waals surface area contributed by atoms with Crippen LogP contribution in [0.3, 0.4) is 0 Å². The number of rotatable bonds is 4. The molecule has 0 aliphatic carbocycles. The Hall–Kier alpha value is -3.29. The maximum absolute atomic E-state index is 12.8. The number of benzene rings is 1. The van der Waals surface area contributed by atoms with Crippen LogP contribution in [0.5, 0.6) is 0 Å². The zero-order chi connectivity index (χ0) is 17.9. The Bertz CT molecular complexity index is 931. The number of anilines is 2. The number of aryl methyl sites for hydroxylation is 1. The zero-order valence-corrected chi connectivity index (χ0v) is 14.5. The zero-order valence-electron chi connectivity index (χ0n) is 14.5. The predicted octanol–water partition coefficient (Wildman–Crippen LogP) is 2.12. The van der Waals surface area contributed by atoms with Gasteiger partial charge in [0.05, 0.1) is 5.56 Å². The highest BCUT2D eigenvalue weighted by molar-refractivity contribution is 6.07. The Morgan fingerprint density at radius 2 is 2.00 bits per heavy atom. The number of nitrogens with one attached hydrogen (secondary N) is 1. The highest BCUT2D eigenvalue weighted by Gasteiger charge is 2.20. The van der Waals surface area contributed by atoms with Crippen LogP contribution in [0.2, 0.25) is 0 Å². The lowest BCUT2D eigenvalue weighted by Crippen LogP contribution is -2.24. The van der Waals surface area contributed by atoms with Crippen molar-refractivity contribution in [1.82, 2.24) is 25.2 Å². The fourth-order valence-corrected chi connectivity index (χ4v) is 3.16. The van der Waals surface area contributed by atoms with Crippen LogP contribution in [-0.4, -0.2) is 44.2 Å². The largest absolute Gasteiger partial charge is 0.356 e. The monoisotopic (exact) mass is 349 g/mol. The minimum Gasteiger partial charge on any atom is -0.356 e. The summed E-state index contributed by atoms with van der Waals surface area (Å²) in [6.45, 7) is 1.87. The van der Waals surface area contributed by atoms with Crippen molar-refractivity contribution in [2.24, 2.45) is 7.05 Å².